The molecule has 1 fully saturated rings. The van der Waals surface area contributed by atoms with Crippen LogP contribution in [-0.2, 0) is 0 Å². The van der Waals surface area contributed by atoms with Gasteiger partial charge in [-0.2, -0.15) is 0 Å². The van der Waals surface area contributed by atoms with Crippen molar-refractivity contribution in [2.45, 2.75) is 33.6 Å². The van der Waals surface area contributed by atoms with Gasteiger partial charge in [0, 0.05) is 24.6 Å². The molecule has 1 aliphatic rings. The summed E-state index contributed by atoms with van der Waals surface area (Å²) < 4.78 is 0. The van der Waals surface area contributed by atoms with Gasteiger partial charge in [-0.15, -0.1) is 0 Å². The molecule has 0 spiro atoms. The zero-order valence-corrected chi connectivity index (χ0v) is 9.88. The third-order valence-electron chi connectivity index (χ3n) is 3.77. The SMILES string of the molecule is Cc1cnccc1NCC1(C(C)C)CC1. The Bertz CT molecular complexity index is 340. The van der Waals surface area contributed by atoms with E-state index in [0.717, 1.165) is 12.5 Å². The molecule has 1 heterocycles. The van der Waals surface area contributed by atoms with Crippen LogP contribution in [0.25, 0.3) is 0 Å². The maximum Gasteiger partial charge on any atom is 0.0400 e. The largest absolute Gasteiger partial charge is 0.384 e. The summed E-state index contributed by atoms with van der Waals surface area (Å²) in [6.07, 6.45) is 6.52. The lowest BCUT2D eigenvalue weighted by atomic mass is 9.92. The number of aryl methyl sites for hydroxylation is 1. The molecule has 0 aromatic carbocycles. The first-order chi connectivity index (χ1) is 7.14. The Kier molecular flexibility index (Phi) is 2.68. The van der Waals surface area contributed by atoms with Gasteiger partial charge in [0.15, 0.2) is 0 Å². The Hall–Kier alpha value is -1.05. The van der Waals surface area contributed by atoms with E-state index in [2.05, 4.69) is 37.1 Å². The topological polar surface area (TPSA) is 24.9 Å². The molecular weight excluding hydrogens is 184 g/mol. The van der Waals surface area contributed by atoms with E-state index in [0.29, 0.717) is 5.41 Å². The Morgan fingerprint density at radius 2 is 2.20 bits per heavy atom. The molecule has 1 aromatic rings. The molecule has 15 heavy (non-hydrogen) atoms. The van der Waals surface area contributed by atoms with Crippen LogP contribution in [0.3, 0.4) is 0 Å². The minimum Gasteiger partial charge on any atom is -0.384 e. The highest BCUT2D eigenvalue weighted by Gasteiger charge is 2.44. The zero-order chi connectivity index (χ0) is 10.9. The van der Waals surface area contributed by atoms with Gasteiger partial charge in [0.05, 0.1) is 0 Å². The average molecular weight is 204 g/mol. The van der Waals surface area contributed by atoms with E-state index in [1.807, 2.05) is 12.4 Å². The van der Waals surface area contributed by atoms with E-state index in [-0.39, 0.29) is 0 Å². The summed E-state index contributed by atoms with van der Waals surface area (Å²) in [6.45, 7) is 7.86. The van der Waals surface area contributed by atoms with Crippen molar-refractivity contribution in [1.82, 2.24) is 4.98 Å². The van der Waals surface area contributed by atoms with Crippen molar-refractivity contribution in [3.63, 3.8) is 0 Å². The van der Waals surface area contributed by atoms with Gasteiger partial charge in [-0.1, -0.05) is 13.8 Å². The van der Waals surface area contributed by atoms with Crippen LogP contribution in [0.15, 0.2) is 18.5 Å². The van der Waals surface area contributed by atoms with Crippen LogP contribution in [0.2, 0.25) is 0 Å². The number of hydrogen-bond acceptors (Lipinski definition) is 2. The molecule has 2 nitrogen and oxygen atoms in total. The summed E-state index contributed by atoms with van der Waals surface area (Å²) in [4.78, 5) is 4.10. The molecule has 0 atom stereocenters. The Morgan fingerprint density at radius 1 is 1.47 bits per heavy atom. The summed E-state index contributed by atoms with van der Waals surface area (Å²) in [5.74, 6) is 0.784. The summed E-state index contributed by atoms with van der Waals surface area (Å²) in [7, 11) is 0. The highest BCUT2D eigenvalue weighted by molar-refractivity contribution is 5.48. The van der Waals surface area contributed by atoms with Crippen LogP contribution in [0.1, 0.15) is 32.3 Å². The number of nitrogens with one attached hydrogen (secondary N) is 1. The van der Waals surface area contributed by atoms with Crippen molar-refractivity contribution in [2.75, 3.05) is 11.9 Å². The van der Waals surface area contributed by atoms with Gasteiger partial charge in [-0.3, -0.25) is 4.98 Å². The Balaban J connectivity index is 1.97. The van der Waals surface area contributed by atoms with E-state index in [9.17, 15) is 0 Å². The van der Waals surface area contributed by atoms with Gasteiger partial charge in [0.25, 0.3) is 0 Å². The first kappa shape index (κ1) is 10.5. The maximum absolute atomic E-state index is 4.10. The first-order valence-corrected chi connectivity index (χ1v) is 5.78. The minimum atomic E-state index is 0.565. The molecular formula is C13H20N2. The number of hydrogen-bond donors (Lipinski definition) is 1. The predicted octanol–water partition coefficient (Wildman–Crippen LogP) is 3.24. The molecule has 1 aromatic heterocycles. The third kappa shape index (κ3) is 2.14. The lowest BCUT2D eigenvalue weighted by Crippen LogP contribution is -2.21. The van der Waals surface area contributed by atoms with Crippen LogP contribution in [0, 0.1) is 18.3 Å². The van der Waals surface area contributed by atoms with Gasteiger partial charge >= 0.3 is 0 Å². The van der Waals surface area contributed by atoms with Crippen molar-refractivity contribution in [2.24, 2.45) is 11.3 Å². The van der Waals surface area contributed by atoms with Gasteiger partial charge in [0.1, 0.15) is 0 Å². The van der Waals surface area contributed by atoms with E-state index in [1.54, 1.807) is 0 Å². The van der Waals surface area contributed by atoms with Gasteiger partial charge in [0.2, 0.25) is 0 Å². The van der Waals surface area contributed by atoms with Crippen molar-refractivity contribution in [3.05, 3.63) is 24.0 Å². The molecule has 2 heteroatoms. The van der Waals surface area contributed by atoms with E-state index >= 15 is 0 Å². The summed E-state index contributed by atoms with van der Waals surface area (Å²) in [6, 6.07) is 2.06. The number of anilines is 1. The second-order valence-electron chi connectivity index (χ2n) is 5.06. The van der Waals surface area contributed by atoms with Gasteiger partial charge in [-0.05, 0) is 42.7 Å². The number of nitrogens with zero attached hydrogens (tertiary/aromatic N) is 1. The Morgan fingerprint density at radius 3 is 2.73 bits per heavy atom. The predicted molar refractivity (Wildman–Crippen MR) is 64.0 cm³/mol. The number of rotatable bonds is 4. The minimum absolute atomic E-state index is 0.565. The third-order valence-corrected chi connectivity index (χ3v) is 3.77. The monoisotopic (exact) mass is 204 g/mol. The zero-order valence-electron chi connectivity index (χ0n) is 9.88. The number of aromatic nitrogens is 1. The second-order valence-corrected chi connectivity index (χ2v) is 5.06. The fourth-order valence-electron chi connectivity index (χ4n) is 2.06. The molecule has 2 rings (SSSR count). The lowest BCUT2D eigenvalue weighted by Gasteiger charge is -2.21. The molecule has 0 bridgehead atoms. The normalized spacial score (nSPS) is 17.9. The van der Waals surface area contributed by atoms with Crippen LogP contribution in [0.5, 0.6) is 0 Å². The first-order valence-electron chi connectivity index (χ1n) is 5.78. The quantitative estimate of drug-likeness (QED) is 0.814. The standard InChI is InChI=1S/C13H20N2/c1-10(2)13(5-6-13)9-15-12-4-7-14-8-11(12)3/h4,7-8,10H,5-6,9H2,1-3H3,(H,14,15). The summed E-state index contributed by atoms with van der Waals surface area (Å²) in [5.41, 5.74) is 3.03. The molecule has 1 saturated carbocycles. The molecule has 1 aliphatic carbocycles. The van der Waals surface area contributed by atoms with Gasteiger partial charge < -0.3 is 5.32 Å². The van der Waals surface area contributed by atoms with E-state index < -0.39 is 0 Å². The van der Waals surface area contributed by atoms with Crippen molar-refractivity contribution < 1.29 is 0 Å². The fraction of sp³-hybridized carbons (Fsp3) is 0.615. The molecule has 0 radical (unpaired) electrons. The number of pyridine rings is 1. The van der Waals surface area contributed by atoms with Crippen molar-refractivity contribution in [1.29, 1.82) is 0 Å². The molecule has 0 unspecified atom stereocenters. The highest BCUT2D eigenvalue weighted by Crippen LogP contribution is 2.51. The molecule has 0 aliphatic heterocycles. The molecule has 1 N–H and O–H groups in total. The van der Waals surface area contributed by atoms with Gasteiger partial charge in [-0.25, -0.2) is 0 Å². The average Bonchev–Trinajstić information content (AvgIpc) is 2.98. The smallest absolute Gasteiger partial charge is 0.0400 e. The second kappa shape index (κ2) is 3.84. The molecule has 0 saturated heterocycles. The van der Waals surface area contributed by atoms with Crippen LogP contribution in [0.4, 0.5) is 5.69 Å². The van der Waals surface area contributed by atoms with E-state index in [1.165, 1.54) is 24.1 Å². The van der Waals surface area contributed by atoms with Crippen LogP contribution >= 0.6 is 0 Å². The Labute approximate surface area is 92.1 Å². The van der Waals surface area contributed by atoms with Crippen LogP contribution in [-0.4, -0.2) is 11.5 Å². The fourth-order valence-corrected chi connectivity index (χ4v) is 2.06. The van der Waals surface area contributed by atoms with Crippen molar-refractivity contribution >= 4 is 5.69 Å². The van der Waals surface area contributed by atoms with E-state index in [4.69, 9.17) is 0 Å². The molecule has 0 amide bonds. The maximum atomic E-state index is 4.10. The summed E-state index contributed by atoms with van der Waals surface area (Å²) in [5, 5.41) is 3.56. The molecule has 82 valence electrons. The highest BCUT2D eigenvalue weighted by atomic mass is 14.9. The van der Waals surface area contributed by atoms with Crippen LogP contribution < -0.4 is 5.32 Å². The lowest BCUT2D eigenvalue weighted by molar-refractivity contribution is 0.380. The van der Waals surface area contributed by atoms with Crippen molar-refractivity contribution in [3.8, 4) is 0 Å². The summed E-state index contributed by atoms with van der Waals surface area (Å²) >= 11 is 0.